The van der Waals surface area contributed by atoms with Crippen molar-refractivity contribution in [2.24, 2.45) is 0 Å². The van der Waals surface area contributed by atoms with Crippen LogP contribution in [-0.4, -0.2) is 26.5 Å². The highest BCUT2D eigenvalue weighted by molar-refractivity contribution is 7.57. The molecule has 0 aliphatic rings. The molecule has 116 valence electrons. The van der Waals surface area contributed by atoms with E-state index in [1.54, 1.807) is 0 Å². The summed E-state index contributed by atoms with van der Waals surface area (Å²) in [6.07, 6.45) is 0. The highest BCUT2D eigenvalue weighted by Gasteiger charge is 2.24. The normalized spacial score (nSPS) is 12.7. The molecule has 20 heavy (non-hydrogen) atoms. The molecular formula is C15H28O4P+. The Morgan fingerprint density at radius 3 is 1.25 bits per heavy atom. The van der Waals surface area contributed by atoms with E-state index in [0.717, 1.165) is 17.8 Å². The van der Waals surface area contributed by atoms with E-state index >= 15 is 0 Å². The van der Waals surface area contributed by atoms with Crippen molar-refractivity contribution in [3.8, 4) is 5.75 Å². The van der Waals surface area contributed by atoms with Crippen LogP contribution < -0.4 is 0 Å². The summed E-state index contributed by atoms with van der Waals surface area (Å²) in [7, 11) is -3.39. The van der Waals surface area contributed by atoms with Gasteiger partial charge in [-0.2, -0.15) is 14.7 Å². The Morgan fingerprint density at radius 1 is 0.800 bits per heavy atom. The van der Waals surface area contributed by atoms with Crippen molar-refractivity contribution in [2.45, 2.75) is 52.4 Å². The maximum atomic E-state index is 10.3. The molecule has 0 radical (unpaired) electrons. The van der Waals surface area contributed by atoms with Gasteiger partial charge >= 0.3 is 7.94 Å². The lowest BCUT2D eigenvalue weighted by Gasteiger charge is -2.26. The topological polar surface area (TPSA) is 80.9 Å². The van der Waals surface area contributed by atoms with Crippen molar-refractivity contribution in [1.29, 1.82) is 0 Å². The minimum absolute atomic E-state index is 0.00859. The molecule has 0 heterocycles. The predicted octanol–water partition coefficient (Wildman–Crippen LogP) is 3.34. The van der Waals surface area contributed by atoms with Crippen LogP contribution in [0.4, 0.5) is 0 Å². The van der Waals surface area contributed by atoms with Crippen LogP contribution in [0.15, 0.2) is 18.2 Å². The molecule has 0 amide bonds. The summed E-state index contributed by atoms with van der Waals surface area (Å²) in [5.74, 6) is 0.456. The first kappa shape index (κ1) is 19.3. The van der Waals surface area contributed by atoms with Gasteiger partial charge < -0.3 is 5.11 Å². The van der Waals surface area contributed by atoms with Crippen molar-refractivity contribution in [1.82, 2.24) is 0 Å². The number of aromatic hydroxyl groups is 1. The lowest BCUT2D eigenvalue weighted by Crippen LogP contribution is -2.16. The summed E-state index contributed by atoms with van der Waals surface area (Å²) in [6, 6.07) is 6.04. The van der Waals surface area contributed by atoms with Crippen molar-refractivity contribution >= 4 is 7.94 Å². The molecule has 0 bridgehead atoms. The number of rotatable bonds is 0. The molecule has 1 aromatic rings. The van der Waals surface area contributed by atoms with Crippen LogP contribution in [0, 0.1) is 0 Å². The quantitative estimate of drug-likeness (QED) is 0.554. The molecule has 0 aromatic heterocycles. The van der Waals surface area contributed by atoms with E-state index < -0.39 is 7.94 Å². The molecule has 0 saturated carbocycles. The van der Waals surface area contributed by atoms with E-state index in [1.807, 2.05) is 18.2 Å². The highest BCUT2D eigenvalue weighted by atomic mass is 31.2. The van der Waals surface area contributed by atoms with Gasteiger partial charge in [0, 0.05) is 0 Å². The monoisotopic (exact) mass is 303 g/mol. The van der Waals surface area contributed by atoms with Gasteiger partial charge in [-0.1, -0.05) is 59.7 Å². The maximum Gasteiger partial charge on any atom is 0.400 e. The van der Waals surface area contributed by atoms with Crippen molar-refractivity contribution < 1.29 is 19.8 Å². The third-order valence-electron chi connectivity index (χ3n) is 2.65. The third-order valence-corrected chi connectivity index (χ3v) is 2.65. The van der Waals surface area contributed by atoms with Crippen LogP contribution in [0.2, 0.25) is 0 Å². The maximum absolute atomic E-state index is 10.3. The molecule has 4 nitrogen and oxygen atoms in total. The zero-order valence-electron chi connectivity index (χ0n) is 13.5. The number of hydrogen-bond acceptors (Lipinski definition) is 4. The fourth-order valence-electron chi connectivity index (χ4n) is 1.75. The van der Waals surface area contributed by atoms with Crippen LogP contribution >= 0.6 is 7.94 Å². The summed E-state index contributed by atoms with van der Waals surface area (Å²) >= 11 is 0. The van der Waals surface area contributed by atoms with Crippen LogP contribution in [0.25, 0.3) is 0 Å². The van der Waals surface area contributed by atoms with Gasteiger partial charge in [0.05, 0.1) is 0 Å². The number of phenolic OH excluding ortho intramolecular Hbond substituents is 1. The average Bonchev–Trinajstić information content (AvgIpc) is 2.11. The van der Waals surface area contributed by atoms with Crippen LogP contribution in [-0.2, 0) is 10.8 Å². The molecule has 1 rings (SSSR count). The minimum atomic E-state index is -3.39. The second-order valence-corrected chi connectivity index (χ2v) is 8.81. The summed E-state index contributed by atoms with van der Waals surface area (Å²) in [5, 5.41) is 10.3. The first-order chi connectivity index (χ1) is 8.64. The molecule has 1 aromatic carbocycles. The van der Waals surface area contributed by atoms with Gasteiger partial charge in [-0.05, 0) is 22.0 Å². The number of phenols is 1. The van der Waals surface area contributed by atoms with E-state index in [-0.39, 0.29) is 10.8 Å². The molecule has 0 saturated heterocycles. The zero-order chi connectivity index (χ0) is 16.4. The van der Waals surface area contributed by atoms with E-state index in [0.29, 0.717) is 5.75 Å². The molecule has 0 aliphatic heterocycles. The van der Waals surface area contributed by atoms with Gasteiger partial charge in [0.15, 0.2) is 0 Å². The fourth-order valence-corrected chi connectivity index (χ4v) is 1.75. The van der Waals surface area contributed by atoms with Crippen molar-refractivity contribution in [2.75, 3.05) is 6.66 Å². The molecular weight excluding hydrogens is 275 g/mol. The zero-order valence-corrected chi connectivity index (χ0v) is 14.4. The molecule has 0 atom stereocenters. The molecule has 5 heteroatoms. The largest absolute Gasteiger partial charge is 0.507 e. The highest BCUT2D eigenvalue weighted by Crippen LogP contribution is 2.38. The fraction of sp³-hybridized carbons (Fsp3) is 0.600. The number of hydrogen-bond donors (Lipinski definition) is 4. The smallest absolute Gasteiger partial charge is 0.400 e. The summed E-state index contributed by atoms with van der Waals surface area (Å²) in [5.41, 5.74) is 2.03. The molecule has 0 fully saturated rings. The summed E-state index contributed by atoms with van der Waals surface area (Å²) in [4.78, 5) is 23.2. The van der Waals surface area contributed by atoms with E-state index in [2.05, 4.69) is 41.5 Å². The van der Waals surface area contributed by atoms with E-state index in [9.17, 15) is 5.11 Å². The lowest BCUT2D eigenvalue weighted by atomic mass is 9.80. The van der Waals surface area contributed by atoms with Crippen LogP contribution in [0.3, 0.4) is 0 Å². The Morgan fingerprint density at radius 2 is 1.05 bits per heavy atom. The second kappa shape index (κ2) is 6.40. The molecule has 0 spiro atoms. The summed E-state index contributed by atoms with van der Waals surface area (Å²) < 4.78 is 0. The van der Waals surface area contributed by atoms with Gasteiger partial charge in [0.1, 0.15) is 12.4 Å². The van der Waals surface area contributed by atoms with Gasteiger partial charge in [-0.25, -0.2) is 0 Å². The first-order valence-electron chi connectivity index (χ1n) is 6.51. The van der Waals surface area contributed by atoms with Gasteiger partial charge in [-0.3, -0.25) is 0 Å². The Labute approximate surface area is 122 Å². The Balaban J connectivity index is 0.000000621. The second-order valence-electron chi connectivity index (χ2n) is 7.07. The minimum Gasteiger partial charge on any atom is -0.507 e. The Hall–Kier alpha value is -0.670. The van der Waals surface area contributed by atoms with E-state index in [1.165, 1.54) is 0 Å². The molecule has 0 aliphatic carbocycles. The Kier molecular flexibility index (Phi) is 6.18. The van der Waals surface area contributed by atoms with Crippen LogP contribution in [0.5, 0.6) is 5.75 Å². The van der Waals surface area contributed by atoms with Crippen molar-refractivity contribution in [3.05, 3.63) is 29.3 Å². The molecule has 0 unspecified atom stereocenters. The van der Waals surface area contributed by atoms with Crippen LogP contribution in [0.1, 0.15) is 52.7 Å². The van der Waals surface area contributed by atoms with Gasteiger partial charge in [0.2, 0.25) is 0 Å². The standard InChI is InChI=1S/C14H22O.CH6O3P/c1-13(2,3)10-8-7-9-11(12(10)15)14(4,5)6;1-5(2,3)4/h7-9,15H,1-6H3;2-4H,1H3/q;+1. The van der Waals surface area contributed by atoms with Crippen molar-refractivity contribution in [3.63, 3.8) is 0 Å². The summed E-state index contributed by atoms with van der Waals surface area (Å²) in [6.45, 7) is 13.7. The lowest BCUT2D eigenvalue weighted by molar-refractivity contribution is 0.340. The molecule has 4 N–H and O–H groups in total. The van der Waals surface area contributed by atoms with Gasteiger partial charge in [0.25, 0.3) is 0 Å². The first-order valence-corrected chi connectivity index (χ1v) is 8.61. The third kappa shape index (κ3) is 7.20. The SMILES string of the molecule is CC(C)(C)c1cccc(C(C)(C)C)c1O.C[P+](O)(O)O. The van der Waals surface area contributed by atoms with E-state index in [4.69, 9.17) is 14.7 Å². The Bertz CT molecular complexity index is 398. The number of para-hydroxylation sites is 1. The predicted molar refractivity (Wildman–Crippen MR) is 85.0 cm³/mol. The van der Waals surface area contributed by atoms with Gasteiger partial charge in [-0.15, -0.1) is 0 Å². The number of benzene rings is 1. The average molecular weight is 303 g/mol.